The van der Waals surface area contributed by atoms with Crippen LogP contribution in [0.3, 0.4) is 0 Å². The van der Waals surface area contributed by atoms with Crippen molar-refractivity contribution < 1.29 is 19.4 Å². The minimum absolute atomic E-state index is 0.117. The second kappa shape index (κ2) is 8.79. The summed E-state index contributed by atoms with van der Waals surface area (Å²) in [6.07, 6.45) is 0. The maximum Gasteiger partial charge on any atom is 0.292 e. The lowest BCUT2D eigenvalue weighted by molar-refractivity contribution is -0.894. The van der Waals surface area contributed by atoms with Gasteiger partial charge in [0.05, 0.1) is 12.0 Å². The van der Waals surface area contributed by atoms with Crippen LogP contribution in [0.2, 0.25) is 0 Å². The summed E-state index contributed by atoms with van der Waals surface area (Å²) in [7, 11) is 1.89. The van der Waals surface area contributed by atoms with E-state index >= 15 is 0 Å². The maximum absolute atomic E-state index is 12.4. The summed E-state index contributed by atoms with van der Waals surface area (Å²) >= 11 is 0. The third-order valence-corrected chi connectivity index (χ3v) is 4.00. The van der Waals surface area contributed by atoms with Gasteiger partial charge in [-0.1, -0.05) is 30.3 Å². The molecule has 0 saturated heterocycles. The smallest absolute Gasteiger partial charge is 0.292 e. The zero-order valence-corrected chi connectivity index (χ0v) is 14.3. The fourth-order valence-corrected chi connectivity index (χ4v) is 2.27. The lowest BCUT2D eigenvalue weighted by Crippen LogP contribution is -3.14. The molecule has 0 spiro atoms. The summed E-state index contributed by atoms with van der Waals surface area (Å²) in [5.41, 5.74) is 0.0887. The normalized spacial score (nSPS) is 12.9. The first-order valence-corrected chi connectivity index (χ1v) is 8.03. The highest BCUT2D eigenvalue weighted by molar-refractivity contribution is 5.95. The number of nitro groups is 1. The van der Waals surface area contributed by atoms with E-state index in [2.05, 4.69) is 5.32 Å². The Kier molecular flexibility index (Phi) is 6.47. The molecule has 7 heteroatoms. The Labute approximate surface area is 146 Å². The van der Waals surface area contributed by atoms with Crippen LogP contribution in [-0.2, 0) is 4.79 Å². The molecule has 2 aromatic rings. The highest BCUT2D eigenvalue weighted by Gasteiger charge is 2.24. The molecule has 132 valence electrons. The molecular formula is C18H22N3O4+. The van der Waals surface area contributed by atoms with Crippen LogP contribution in [0.5, 0.6) is 5.75 Å². The minimum Gasteiger partial charge on any atom is -0.488 e. The van der Waals surface area contributed by atoms with E-state index in [1.165, 1.54) is 12.1 Å². The van der Waals surface area contributed by atoms with Gasteiger partial charge < -0.3 is 15.0 Å². The lowest BCUT2D eigenvalue weighted by Gasteiger charge is -2.21. The van der Waals surface area contributed by atoms with Gasteiger partial charge in [-0.2, -0.15) is 0 Å². The van der Waals surface area contributed by atoms with E-state index in [0.717, 1.165) is 10.6 Å². The molecular weight excluding hydrogens is 322 g/mol. The predicted octanol–water partition coefficient (Wildman–Crippen LogP) is 1.52. The topological polar surface area (TPSA) is 85.9 Å². The van der Waals surface area contributed by atoms with E-state index in [9.17, 15) is 14.9 Å². The Bertz CT molecular complexity index is 721. The molecule has 0 aliphatic rings. The van der Waals surface area contributed by atoms with E-state index in [-0.39, 0.29) is 23.3 Å². The van der Waals surface area contributed by atoms with E-state index in [1.807, 2.05) is 37.4 Å². The summed E-state index contributed by atoms with van der Waals surface area (Å²) in [5.74, 6) is 0.513. The number of carbonyl (C=O) groups excluding carboxylic acids is 1. The Balaban J connectivity index is 1.87. The van der Waals surface area contributed by atoms with Gasteiger partial charge in [-0.3, -0.25) is 14.9 Å². The van der Waals surface area contributed by atoms with Crippen molar-refractivity contribution in [2.75, 3.05) is 25.5 Å². The second-order valence-corrected chi connectivity index (χ2v) is 5.74. The molecule has 0 heterocycles. The van der Waals surface area contributed by atoms with E-state index in [1.54, 1.807) is 19.1 Å². The zero-order valence-electron chi connectivity index (χ0n) is 14.3. The van der Waals surface area contributed by atoms with Gasteiger partial charge in [0.15, 0.2) is 6.04 Å². The quantitative estimate of drug-likeness (QED) is 0.561. The Morgan fingerprint density at radius 3 is 2.52 bits per heavy atom. The molecule has 25 heavy (non-hydrogen) atoms. The largest absolute Gasteiger partial charge is 0.488 e. The second-order valence-electron chi connectivity index (χ2n) is 5.74. The van der Waals surface area contributed by atoms with Crippen LogP contribution in [0.4, 0.5) is 11.4 Å². The van der Waals surface area contributed by atoms with Gasteiger partial charge in [0.1, 0.15) is 24.6 Å². The van der Waals surface area contributed by atoms with Crippen LogP contribution in [0, 0.1) is 10.1 Å². The number of nitro benzene ring substituents is 1. The van der Waals surface area contributed by atoms with Crippen molar-refractivity contribution >= 4 is 17.3 Å². The summed E-state index contributed by atoms with van der Waals surface area (Å²) in [4.78, 5) is 23.8. The Morgan fingerprint density at radius 2 is 1.84 bits per heavy atom. The molecule has 2 N–H and O–H groups in total. The molecule has 2 rings (SSSR count). The predicted molar refractivity (Wildman–Crippen MR) is 94.9 cm³/mol. The molecule has 1 amide bonds. The van der Waals surface area contributed by atoms with Crippen LogP contribution in [-0.4, -0.2) is 37.1 Å². The van der Waals surface area contributed by atoms with Crippen molar-refractivity contribution in [3.8, 4) is 5.75 Å². The van der Waals surface area contributed by atoms with Crippen molar-refractivity contribution in [2.24, 2.45) is 0 Å². The first-order chi connectivity index (χ1) is 12.0. The molecule has 0 radical (unpaired) electrons. The fourth-order valence-electron chi connectivity index (χ4n) is 2.27. The highest BCUT2D eigenvalue weighted by atomic mass is 16.6. The molecule has 7 nitrogen and oxygen atoms in total. The standard InChI is InChI=1S/C18H21N3O4/c1-14(20(2)12-13-25-15-8-4-3-5-9-15)18(22)19-16-10-6-7-11-17(16)21(23)24/h3-11,14H,12-13H2,1-2H3,(H,19,22)/p+1/t14-/m1/s1. The van der Waals surface area contributed by atoms with Crippen LogP contribution in [0.1, 0.15) is 6.92 Å². The third-order valence-electron chi connectivity index (χ3n) is 4.00. The van der Waals surface area contributed by atoms with E-state index in [4.69, 9.17) is 4.74 Å². The van der Waals surface area contributed by atoms with Crippen molar-refractivity contribution in [3.63, 3.8) is 0 Å². The van der Waals surface area contributed by atoms with Gasteiger partial charge >= 0.3 is 0 Å². The summed E-state index contributed by atoms with van der Waals surface area (Å²) in [5, 5.41) is 13.7. The number of ether oxygens (including phenoxy) is 1. The molecule has 0 saturated carbocycles. The number of amides is 1. The van der Waals surface area contributed by atoms with Gasteiger partial charge in [-0.15, -0.1) is 0 Å². The van der Waals surface area contributed by atoms with Gasteiger partial charge in [0.2, 0.25) is 0 Å². The first-order valence-electron chi connectivity index (χ1n) is 8.03. The van der Waals surface area contributed by atoms with Gasteiger partial charge in [0, 0.05) is 6.07 Å². The third kappa shape index (κ3) is 5.29. The highest BCUT2D eigenvalue weighted by Crippen LogP contribution is 2.23. The first kappa shape index (κ1) is 18.4. The van der Waals surface area contributed by atoms with E-state index < -0.39 is 4.92 Å². The van der Waals surface area contributed by atoms with Crippen molar-refractivity contribution in [3.05, 3.63) is 64.7 Å². The summed E-state index contributed by atoms with van der Waals surface area (Å²) in [6.45, 7) is 2.88. The number of nitrogens with one attached hydrogen (secondary N) is 2. The number of nitrogens with zero attached hydrogens (tertiary/aromatic N) is 1. The van der Waals surface area contributed by atoms with Gasteiger partial charge in [0.25, 0.3) is 11.6 Å². The van der Waals surface area contributed by atoms with Crippen molar-refractivity contribution in [1.29, 1.82) is 0 Å². The van der Waals surface area contributed by atoms with Crippen LogP contribution < -0.4 is 15.0 Å². The molecule has 0 aliphatic carbocycles. The Morgan fingerprint density at radius 1 is 1.20 bits per heavy atom. The number of anilines is 1. The Hall–Kier alpha value is -2.93. The molecule has 0 aliphatic heterocycles. The van der Waals surface area contributed by atoms with Crippen LogP contribution in [0.15, 0.2) is 54.6 Å². The fraction of sp³-hybridized carbons (Fsp3) is 0.278. The summed E-state index contributed by atoms with van der Waals surface area (Å²) in [6, 6.07) is 15.2. The number of rotatable bonds is 8. The van der Waals surface area contributed by atoms with Gasteiger partial charge in [-0.05, 0) is 25.1 Å². The average Bonchev–Trinajstić information content (AvgIpc) is 2.62. The number of carbonyl (C=O) groups is 1. The number of hydrogen-bond acceptors (Lipinski definition) is 4. The maximum atomic E-state index is 12.4. The molecule has 1 unspecified atom stereocenters. The van der Waals surface area contributed by atoms with Crippen molar-refractivity contribution in [2.45, 2.75) is 13.0 Å². The van der Waals surface area contributed by atoms with E-state index in [0.29, 0.717) is 13.2 Å². The number of likely N-dealkylation sites (N-methyl/N-ethyl adjacent to an activating group) is 1. The molecule has 0 fully saturated rings. The number of para-hydroxylation sites is 3. The SMILES string of the molecule is C[C@H](C(=O)Nc1ccccc1[N+](=O)[O-])[NH+](C)CCOc1ccccc1. The number of quaternary nitrogens is 1. The van der Waals surface area contributed by atoms with Crippen molar-refractivity contribution in [1.82, 2.24) is 0 Å². The molecule has 2 aromatic carbocycles. The lowest BCUT2D eigenvalue weighted by atomic mass is 10.2. The van der Waals surface area contributed by atoms with Gasteiger partial charge in [-0.25, -0.2) is 0 Å². The monoisotopic (exact) mass is 344 g/mol. The van der Waals surface area contributed by atoms with Crippen LogP contribution in [0.25, 0.3) is 0 Å². The van der Waals surface area contributed by atoms with Crippen LogP contribution >= 0.6 is 0 Å². The molecule has 0 aromatic heterocycles. The number of hydrogen-bond donors (Lipinski definition) is 2. The zero-order chi connectivity index (χ0) is 18.2. The summed E-state index contributed by atoms with van der Waals surface area (Å²) < 4.78 is 5.63. The average molecular weight is 344 g/mol. The molecule has 0 bridgehead atoms. The minimum atomic E-state index is -0.509. The number of benzene rings is 2. The molecule has 2 atom stereocenters.